The molecule has 21 heavy (non-hydrogen) atoms. The Kier molecular flexibility index (Phi) is 5.82. The van der Waals surface area contributed by atoms with E-state index < -0.39 is 0 Å². The molecule has 0 saturated heterocycles. The quantitative estimate of drug-likeness (QED) is 0.771. The van der Waals surface area contributed by atoms with Crippen molar-refractivity contribution in [3.05, 3.63) is 39.6 Å². The van der Waals surface area contributed by atoms with Crippen LogP contribution in [0.25, 0.3) is 0 Å². The lowest BCUT2D eigenvalue weighted by atomic mass is 10.3. The van der Waals surface area contributed by atoms with Crippen molar-refractivity contribution in [2.45, 2.75) is 26.7 Å². The van der Waals surface area contributed by atoms with Gasteiger partial charge in [0, 0.05) is 23.5 Å². The van der Waals surface area contributed by atoms with Gasteiger partial charge in [0.1, 0.15) is 17.4 Å². The third kappa shape index (κ3) is 4.58. The first-order valence-electron chi connectivity index (χ1n) is 6.87. The fraction of sp³-hybridized carbons (Fsp3) is 0.333. The van der Waals surface area contributed by atoms with Crippen molar-refractivity contribution in [1.29, 1.82) is 0 Å². The summed E-state index contributed by atoms with van der Waals surface area (Å²) < 4.78 is 6.70. The third-order valence-corrected chi connectivity index (χ3v) is 3.48. The number of ether oxygens (including phenoxy) is 1. The maximum atomic E-state index is 6.17. The lowest BCUT2D eigenvalue weighted by Crippen LogP contribution is -2.04. The van der Waals surface area contributed by atoms with E-state index in [-0.39, 0.29) is 0 Å². The maximum absolute atomic E-state index is 6.17. The van der Waals surface area contributed by atoms with E-state index in [0.29, 0.717) is 16.7 Å². The molecule has 0 unspecified atom stereocenters. The predicted molar refractivity (Wildman–Crippen MR) is 89.4 cm³/mol. The number of hydrogen-bond acceptors (Lipinski definition) is 4. The van der Waals surface area contributed by atoms with Gasteiger partial charge in [-0.05, 0) is 31.5 Å². The van der Waals surface area contributed by atoms with E-state index in [0.717, 1.165) is 35.5 Å². The normalized spacial score (nSPS) is 10.5. The van der Waals surface area contributed by atoms with Crippen molar-refractivity contribution in [3.8, 4) is 11.6 Å². The molecule has 1 aromatic heterocycles. The summed E-state index contributed by atoms with van der Waals surface area (Å²) >= 11 is 9.54. The first-order chi connectivity index (χ1) is 10.1. The van der Waals surface area contributed by atoms with E-state index in [4.69, 9.17) is 16.3 Å². The van der Waals surface area contributed by atoms with Gasteiger partial charge >= 0.3 is 0 Å². The van der Waals surface area contributed by atoms with Crippen LogP contribution in [0.2, 0.25) is 5.02 Å². The molecule has 2 rings (SSSR count). The highest BCUT2D eigenvalue weighted by molar-refractivity contribution is 9.10. The summed E-state index contributed by atoms with van der Waals surface area (Å²) in [6.45, 7) is 4.91. The number of benzene rings is 1. The monoisotopic (exact) mass is 369 g/mol. The Morgan fingerprint density at radius 1 is 1.24 bits per heavy atom. The van der Waals surface area contributed by atoms with Crippen LogP contribution in [0.5, 0.6) is 11.6 Å². The molecule has 1 aromatic carbocycles. The SMILES string of the molecule is CCCc1nc(NCC)cc(Oc2ccc(Br)cc2Cl)n1. The predicted octanol–water partition coefficient (Wildman–Crippen LogP) is 5.07. The lowest BCUT2D eigenvalue weighted by Gasteiger charge is -2.10. The minimum absolute atomic E-state index is 0.494. The molecular weight excluding hydrogens is 354 g/mol. The Morgan fingerprint density at radius 2 is 2.05 bits per heavy atom. The number of anilines is 1. The lowest BCUT2D eigenvalue weighted by molar-refractivity contribution is 0.459. The Labute approximate surface area is 138 Å². The highest BCUT2D eigenvalue weighted by Gasteiger charge is 2.08. The van der Waals surface area contributed by atoms with E-state index >= 15 is 0 Å². The zero-order valence-electron chi connectivity index (χ0n) is 12.0. The van der Waals surface area contributed by atoms with Crippen molar-refractivity contribution >= 4 is 33.3 Å². The average molecular weight is 371 g/mol. The molecule has 6 heteroatoms. The second-order valence-corrected chi connectivity index (χ2v) is 5.79. The number of halogens is 2. The minimum Gasteiger partial charge on any atom is -0.437 e. The van der Waals surface area contributed by atoms with Crippen LogP contribution in [0.4, 0.5) is 5.82 Å². The number of aromatic nitrogens is 2. The van der Waals surface area contributed by atoms with Gasteiger partial charge in [-0.2, -0.15) is 4.98 Å². The van der Waals surface area contributed by atoms with Gasteiger partial charge in [-0.15, -0.1) is 0 Å². The van der Waals surface area contributed by atoms with Crippen molar-refractivity contribution in [2.24, 2.45) is 0 Å². The Bertz CT molecular complexity index is 598. The van der Waals surface area contributed by atoms with Gasteiger partial charge in [0.15, 0.2) is 0 Å². The van der Waals surface area contributed by atoms with Gasteiger partial charge in [-0.1, -0.05) is 34.5 Å². The van der Waals surface area contributed by atoms with Gasteiger partial charge in [0.25, 0.3) is 0 Å². The average Bonchev–Trinajstić information content (AvgIpc) is 2.42. The van der Waals surface area contributed by atoms with Crippen molar-refractivity contribution in [1.82, 2.24) is 9.97 Å². The zero-order chi connectivity index (χ0) is 15.2. The molecule has 0 bridgehead atoms. The summed E-state index contributed by atoms with van der Waals surface area (Å²) in [5.41, 5.74) is 0. The van der Waals surface area contributed by atoms with Crippen LogP contribution >= 0.6 is 27.5 Å². The van der Waals surface area contributed by atoms with Gasteiger partial charge in [0.2, 0.25) is 5.88 Å². The molecule has 112 valence electrons. The molecule has 0 aliphatic rings. The number of rotatable bonds is 6. The first kappa shape index (κ1) is 16.0. The largest absolute Gasteiger partial charge is 0.437 e. The second kappa shape index (κ2) is 7.61. The van der Waals surface area contributed by atoms with E-state index in [2.05, 4.69) is 38.1 Å². The molecule has 4 nitrogen and oxygen atoms in total. The Morgan fingerprint density at radius 3 is 2.71 bits per heavy atom. The molecule has 0 saturated carbocycles. The topological polar surface area (TPSA) is 47.0 Å². The number of aryl methyl sites for hydroxylation is 1. The van der Waals surface area contributed by atoms with E-state index in [1.165, 1.54) is 0 Å². The summed E-state index contributed by atoms with van der Waals surface area (Å²) in [6.07, 6.45) is 1.79. The van der Waals surface area contributed by atoms with Gasteiger partial charge in [-0.3, -0.25) is 0 Å². The maximum Gasteiger partial charge on any atom is 0.224 e. The van der Waals surface area contributed by atoms with Crippen LogP contribution in [0.15, 0.2) is 28.7 Å². The highest BCUT2D eigenvalue weighted by atomic mass is 79.9. The molecule has 0 spiro atoms. The number of hydrogen-bond donors (Lipinski definition) is 1. The molecule has 2 aromatic rings. The summed E-state index contributed by atoms with van der Waals surface area (Å²) in [4.78, 5) is 8.87. The van der Waals surface area contributed by atoms with E-state index in [9.17, 15) is 0 Å². The van der Waals surface area contributed by atoms with Gasteiger partial charge in [-0.25, -0.2) is 4.98 Å². The highest BCUT2D eigenvalue weighted by Crippen LogP contribution is 2.31. The fourth-order valence-corrected chi connectivity index (χ4v) is 2.51. The summed E-state index contributed by atoms with van der Waals surface area (Å²) in [5.74, 6) is 2.59. The van der Waals surface area contributed by atoms with Crippen molar-refractivity contribution in [2.75, 3.05) is 11.9 Å². The summed E-state index contributed by atoms with van der Waals surface area (Å²) in [5, 5.41) is 3.72. The molecule has 0 amide bonds. The molecule has 1 N–H and O–H groups in total. The van der Waals surface area contributed by atoms with E-state index in [1.54, 1.807) is 18.2 Å². The molecule has 1 heterocycles. The van der Waals surface area contributed by atoms with Crippen LogP contribution in [-0.2, 0) is 6.42 Å². The standard InChI is InChI=1S/C15H17BrClN3O/c1-3-5-13-19-14(18-4-2)9-15(20-13)21-12-7-6-10(16)8-11(12)17/h6-9H,3-5H2,1-2H3,(H,18,19,20). The first-order valence-corrected chi connectivity index (χ1v) is 8.04. The molecule has 0 radical (unpaired) electrons. The molecule has 0 aliphatic heterocycles. The smallest absolute Gasteiger partial charge is 0.224 e. The Hall–Kier alpha value is -1.33. The van der Waals surface area contributed by atoms with Crippen LogP contribution in [0, 0.1) is 0 Å². The van der Waals surface area contributed by atoms with Crippen LogP contribution < -0.4 is 10.1 Å². The van der Waals surface area contributed by atoms with E-state index in [1.807, 2.05) is 13.0 Å². The minimum atomic E-state index is 0.494. The molecule has 0 atom stereocenters. The van der Waals surface area contributed by atoms with Crippen LogP contribution in [0.3, 0.4) is 0 Å². The van der Waals surface area contributed by atoms with Crippen LogP contribution in [-0.4, -0.2) is 16.5 Å². The molecular formula is C15H17BrClN3O. The molecule has 0 fully saturated rings. The fourth-order valence-electron chi connectivity index (χ4n) is 1.80. The van der Waals surface area contributed by atoms with Crippen molar-refractivity contribution < 1.29 is 4.74 Å². The van der Waals surface area contributed by atoms with Crippen LogP contribution in [0.1, 0.15) is 26.1 Å². The second-order valence-electron chi connectivity index (χ2n) is 4.46. The van der Waals surface area contributed by atoms with Gasteiger partial charge < -0.3 is 10.1 Å². The van der Waals surface area contributed by atoms with Gasteiger partial charge in [0.05, 0.1) is 5.02 Å². The van der Waals surface area contributed by atoms with Crippen molar-refractivity contribution in [3.63, 3.8) is 0 Å². The summed E-state index contributed by atoms with van der Waals surface area (Å²) in [6, 6.07) is 7.25. The molecule has 0 aliphatic carbocycles. The zero-order valence-corrected chi connectivity index (χ0v) is 14.3. The number of nitrogens with one attached hydrogen (secondary N) is 1. The summed E-state index contributed by atoms with van der Waals surface area (Å²) in [7, 11) is 0. The Balaban J connectivity index is 2.29. The number of nitrogens with zero attached hydrogens (tertiary/aromatic N) is 2. The third-order valence-electron chi connectivity index (χ3n) is 2.69.